The number of rotatable bonds is 4. The largest absolute Gasteiger partial charge is 0.367 e. The van der Waals surface area contributed by atoms with Crippen LogP contribution in [0.4, 0.5) is 0 Å². The Morgan fingerprint density at radius 2 is 1.74 bits per heavy atom. The van der Waals surface area contributed by atoms with Crippen molar-refractivity contribution >= 4 is 15.9 Å². The number of sulfonamides is 1. The quantitative estimate of drug-likeness (QED) is 0.910. The Morgan fingerprint density at radius 3 is 2.35 bits per heavy atom. The summed E-state index contributed by atoms with van der Waals surface area (Å²) in [5.74, 6) is 0.0290. The Hall–Kier alpha value is -2.12. The number of hydrogen-bond acceptors (Lipinski definition) is 3. The van der Waals surface area contributed by atoms with E-state index in [0.717, 1.165) is 5.56 Å². The average molecular weight is 333 g/mol. The minimum Gasteiger partial charge on any atom is -0.367 e. The van der Waals surface area contributed by atoms with Gasteiger partial charge in [-0.25, -0.2) is 8.42 Å². The topological polar surface area (TPSA) is 73.5 Å². The Labute approximate surface area is 135 Å². The van der Waals surface area contributed by atoms with Gasteiger partial charge in [0.2, 0.25) is 15.9 Å². The molecule has 3 rings (SSSR count). The minimum absolute atomic E-state index is 0.0290. The zero-order valence-corrected chi connectivity index (χ0v) is 13.5. The van der Waals surface area contributed by atoms with Crippen LogP contribution >= 0.6 is 0 Å². The second kappa shape index (κ2) is 6.55. The second-order valence-electron chi connectivity index (χ2n) is 5.49. The van der Waals surface area contributed by atoms with Gasteiger partial charge in [0.15, 0.2) is 0 Å². The van der Waals surface area contributed by atoms with Gasteiger partial charge in [0.05, 0.1) is 11.3 Å². The van der Waals surface area contributed by atoms with Crippen molar-refractivity contribution < 1.29 is 13.2 Å². The first-order valence-corrected chi connectivity index (χ1v) is 8.96. The third-order valence-electron chi connectivity index (χ3n) is 3.99. The summed E-state index contributed by atoms with van der Waals surface area (Å²) in [5.41, 5.74) is 0.939. The molecule has 1 aliphatic heterocycles. The number of carbonyl (C=O) groups is 1. The van der Waals surface area contributed by atoms with Crippen LogP contribution in [-0.4, -0.2) is 54.7 Å². The van der Waals surface area contributed by atoms with E-state index < -0.39 is 10.0 Å². The van der Waals surface area contributed by atoms with Gasteiger partial charge in [0.1, 0.15) is 0 Å². The van der Waals surface area contributed by atoms with Gasteiger partial charge in [-0.3, -0.25) is 4.79 Å². The van der Waals surface area contributed by atoms with E-state index in [2.05, 4.69) is 4.98 Å². The van der Waals surface area contributed by atoms with Crippen LogP contribution in [0, 0.1) is 0 Å². The molecule has 1 aromatic heterocycles. The number of carbonyl (C=O) groups excluding carboxylic acids is 1. The Balaban J connectivity index is 1.61. The molecular formula is C16H19N3O3S. The fourth-order valence-corrected chi connectivity index (χ4v) is 4.12. The van der Waals surface area contributed by atoms with E-state index in [1.165, 1.54) is 4.31 Å². The van der Waals surface area contributed by atoms with Crippen LogP contribution in [-0.2, 0) is 21.2 Å². The lowest BCUT2D eigenvalue weighted by molar-refractivity contribution is -0.131. The smallest absolute Gasteiger partial charge is 0.243 e. The SMILES string of the molecule is O=C(Cc1cc[nH]c1)N1CCN(S(=O)(=O)c2ccccc2)CC1. The van der Waals surface area contributed by atoms with Crippen molar-refractivity contribution in [2.75, 3.05) is 26.2 Å². The summed E-state index contributed by atoms with van der Waals surface area (Å²) in [6.07, 6.45) is 3.93. The highest BCUT2D eigenvalue weighted by atomic mass is 32.2. The van der Waals surface area contributed by atoms with Gasteiger partial charge >= 0.3 is 0 Å². The van der Waals surface area contributed by atoms with E-state index in [4.69, 9.17) is 0 Å². The van der Waals surface area contributed by atoms with E-state index in [-0.39, 0.29) is 5.91 Å². The van der Waals surface area contributed by atoms with Crippen molar-refractivity contribution in [3.05, 3.63) is 54.4 Å². The highest BCUT2D eigenvalue weighted by Gasteiger charge is 2.29. The summed E-state index contributed by atoms with van der Waals surface area (Å²) in [7, 11) is -3.47. The predicted octanol–water partition coefficient (Wildman–Crippen LogP) is 1.09. The third kappa shape index (κ3) is 3.46. The summed E-state index contributed by atoms with van der Waals surface area (Å²) in [4.78, 5) is 17.2. The Bertz CT molecular complexity index is 749. The molecular weight excluding hydrogens is 314 g/mol. The molecule has 0 aliphatic carbocycles. The molecule has 7 heteroatoms. The van der Waals surface area contributed by atoms with Crippen LogP contribution in [0.2, 0.25) is 0 Å². The summed E-state index contributed by atoms with van der Waals surface area (Å²) in [6, 6.07) is 10.3. The molecule has 1 saturated heterocycles. The molecule has 0 atom stereocenters. The van der Waals surface area contributed by atoms with E-state index in [1.807, 2.05) is 6.07 Å². The third-order valence-corrected chi connectivity index (χ3v) is 5.90. The molecule has 1 aromatic carbocycles. The molecule has 0 unspecified atom stereocenters. The zero-order valence-electron chi connectivity index (χ0n) is 12.7. The molecule has 122 valence electrons. The number of aromatic amines is 1. The van der Waals surface area contributed by atoms with Gasteiger partial charge in [-0.05, 0) is 23.8 Å². The highest BCUT2D eigenvalue weighted by Crippen LogP contribution is 2.17. The molecule has 1 amide bonds. The first-order chi connectivity index (χ1) is 11.1. The summed E-state index contributed by atoms with van der Waals surface area (Å²) >= 11 is 0. The molecule has 1 N–H and O–H groups in total. The molecule has 6 nitrogen and oxygen atoms in total. The lowest BCUT2D eigenvalue weighted by atomic mass is 10.2. The standard InChI is InChI=1S/C16H19N3O3S/c20-16(12-14-6-7-17-13-14)18-8-10-19(11-9-18)23(21,22)15-4-2-1-3-5-15/h1-7,13,17H,8-12H2. The number of hydrogen-bond donors (Lipinski definition) is 1. The van der Waals surface area contributed by atoms with Crippen molar-refractivity contribution in [3.63, 3.8) is 0 Å². The van der Waals surface area contributed by atoms with Gasteiger partial charge in [-0.15, -0.1) is 0 Å². The first-order valence-electron chi connectivity index (χ1n) is 7.52. The van der Waals surface area contributed by atoms with Crippen LogP contribution in [0.25, 0.3) is 0 Å². The Kier molecular flexibility index (Phi) is 4.49. The molecule has 1 aliphatic rings. The monoisotopic (exact) mass is 333 g/mol. The Morgan fingerprint density at radius 1 is 1.04 bits per heavy atom. The maximum Gasteiger partial charge on any atom is 0.243 e. The van der Waals surface area contributed by atoms with Crippen LogP contribution in [0.3, 0.4) is 0 Å². The molecule has 2 heterocycles. The van der Waals surface area contributed by atoms with Gasteiger partial charge in [0, 0.05) is 38.6 Å². The van der Waals surface area contributed by atoms with Crippen LogP contribution in [0.5, 0.6) is 0 Å². The van der Waals surface area contributed by atoms with Crippen molar-refractivity contribution in [1.29, 1.82) is 0 Å². The molecule has 23 heavy (non-hydrogen) atoms. The van der Waals surface area contributed by atoms with Gasteiger partial charge in [-0.1, -0.05) is 18.2 Å². The number of piperazine rings is 1. The summed E-state index contributed by atoms with van der Waals surface area (Å²) in [5, 5.41) is 0. The van der Waals surface area contributed by atoms with E-state index in [0.29, 0.717) is 37.5 Å². The maximum absolute atomic E-state index is 12.5. The highest BCUT2D eigenvalue weighted by molar-refractivity contribution is 7.89. The number of H-pyrrole nitrogens is 1. The number of aromatic nitrogens is 1. The molecule has 2 aromatic rings. The van der Waals surface area contributed by atoms with Crippen molar-refractivity contribution in [2.45, 2.75) is 11.3 Å². The summed E-state index contributed by atoms with van der Waals surface area (Å²) in [6.45, 7) is 1.51. The summed E-state index contributed by atoms with van der Waals surface area (Å²) < 4.78 is 26.5. The fourth-order valence-electron chi connectivity index (χ4n) is 2.67. The van der Waals surface area contributed by atoms with Gasteiger partial charge < -0.3 is 9.88 Å². The van der Waals surface area contributed by atoms with Crippen molar-refractivity contribution in [3.8, 4) is 0 Å². The molecule has 0 spiro atoms. The average Bonchev–Trinajstić information content (AvgIpc) is 3.09. The van der Waals surface area contributed by atoms with E-state index in [1.54, 1.807) is 47.6 Å². The van der Waals surface area contributed by atoms with Crippen molar-refractivity contribution in [1.82, 2.24) is 14.2 Å². The second-order valence-corrected chi connectivity index (χ2v) is 7.43. The molecule has 0 radical (unpaired) electrons. The number of nitrogens with one attached hydrogen (secondary N) is 1. The van der Waals surface area contributed by atoms with E-state index >= 15 is 0 Å². The first kappa shape index (κ1) is 15.8. The van der Waals surface area contributed by atoms with Gasteiger partial charge in [-0.2, -0.15) is 4.31 Å². The molecule has 1 fully saturated rings. The molecule has 0 bridgehead atoms. The zero-order chi connectivity index (χ0) is 16.3. The predicted molar refractivity (Wildman–Crippen MR) is 86.3 cm³/mol. The number of benzene rings is 1. The van der Waals surface area contributed by atoms with Gasteiger partial charge in [0.25, 0.3) is 0 Å². The van der Waals surface area contributed by atoms with Crippen LogP contribution in [0.15, 0.2) is 53.7 Å². The number of amides is 1. The fraction of sp³-hybridized carbons (Fsp3) is 0.312. The molecule has 0 saturated carbocycles. The normalized spacial score (nSPS) is 16.4. The van der Waals surface area contributed by atoms with Crippen molar-refractivity contribution in [2.24, 2.45) is 0 Å². The van der Waals surface area contributed by atoms with Crippen LogP contribution < -0.4 is 0 Å². The lowest BCUT2D eigenvalue weighted by Gasteiger charge is -2.34. The minimum atomic E-state index is -3.47. The van der Waals surface area contributed by atoms with Crippen LogP contribution in [0.1, 0.15) is 5.56 Å². The van der Waals surface area contributed by atoms with E-state index in [9.17, 15) is 13.2 Å². The number of nitrogens with zero attached hydrogens (tertiary/aromatic N) is 2. The lowest BCUT2D eigenvalue weighted by Crippen LogP contribution is -2.50. The maximum atomic E-state index is 12.5.